The van der Waals surface area contributed by atoms with Gasteiger partial charge < -0.3 is 11.1 Å². The Balaban J connectivity index is 2.30. The van der Waals surface area contributed by atoms with Gasteiger partial charge in [0.15, 0.2) is 0 Å². The van der Waals surface area contributed by atoms with Gasteiger partial charge in [-0.05, 0) is 12.5 Å². The average Bonchev–Trinajstić information content (AvgIpc) is 2.42. The van der Waals surface area contributed by atoms with Crippen LogP contribution in [0.4, 0.5) is 4.39 Å². The predicted molar refractivity (Wildman–Crippen MR) is 72.0 cm³/mol. The van der Waals surface area contributed by atoms with E-state index in [1.165, 1.54) is 6.07 Å². The molecule has 1 aromatic carbocycles. The van der Waals surface area contributed by atoms with Crippen molar-refractivity contribution in [3.05, 3.63) is 35.6 Å². The number of amides is 1. The summed E-state index contributed by atoms with van der Waals surface area (Å²) in [5, 5.41) is 3.15. The predicted octanol–water partition coefficient (Wildman–Crippen LogP) is 1.04. The van der Waals surface area contributed by atoms with E-state index in [9.17, 15) is 9.18 Å². The molecule has 1 amide bonds. The first-order valence-electron chi connectivity index (χ1n) is 6.65. The number of rotatable bonds is 4. The molecule has 19 heavy (non-hydrogen) atoms. The minimum atomic E-state index is -0.377. The molecule has 2 atom stereocenters. The molecule has 0 bridgehead atoms. The first kappa shape index (κ1) is 14.0. The Morgan fingerprint density at radius 3 is 2.95 bits per heavy atom. The second-order valence-electron chi connectivity index (χ2n) is 4.81. The van der Waals surface area contributed by atoms with Gasteiger partial charge >= 0.3 is 0 Å². The molecule has 5 heteroatoms. The normalized spacial score (nSPS) is 22.1. The van der Waals surface area contributed by atoms with Gasteiger partial charge in [-0.2, -0.15) is 0 Å². The maximum absolute atomic E-state index is 14.0. The van der Waals surface area contributed by atoms with E-state index in [2.05, 4.69) is 5.32 Å². The van der Waals surface area contributed by atoms with Crippen LogP contribution >= 0.6 is 0 Å². The zero-order valence-electron chi connectivity index (χ0n) is 11.1. The molecule has 1 saturated heterocycles. The largest absolute Gasteiger partial charge is 0.368 e. The van der Waals surface area contributed by atoms with Crippen LogP contribution in [0, 0.1) is 5.82 Å². The van der Waals surface area contributed by atoms with Crippen LogP contribution in [0.25, 0.3) is 0 Å². The lowest BCUT2D eigenvalue weighted by Gasteiger charge is -2.40. The van der Waals surface area contributed by atoms with E-state index in [0.717, 1.165) is 13.0 Å². The van der Waals surface area contributed by atoms with Crippen molar-refractivity contribution in [2.45, 2.75) is 25.4 Å². The van der Waals surface area contributed by atoms with Gasteiger partial charge in [0.2, 0.25) is 5.91 Å². The van der Waals surface area contributed by atoms with Crippen molar-refractivity contribution in [2.75, 3.05) is 19.6 Å². The molecule has 1 fully saturated rings. The Hall–Kier alpha value is -1.46. The van der Waals surface area contributed by atoms with Crippen LogP contribution in [-0.4, -0.2) is 36.5 Å². The second kappa shape index (κ2) is 6.12. The molecule has 2 unspecified atom stereocenters. The Kier molecular flexibility index (Phi) is 4.50. The summed E-state index contributed by atoms with van der Waals surface area (Å²) in [5.74, 6) is -0.585. The fourth-order valence-corrected chi connectivity index (χ4v) is 2.74. The highest BCUT2D eigenvalue weighted by atomic mass is 19.1. The highest BCUT2D eigenvalue weighted by molar-refractivity contribution is 5.80. The van der Waals surface area contributed by atoms with E-state index in [1.54, 1.807) is 12.1 Å². The molecule has 0 spiro atoms. The van der Waals surface area contributed by atoms with Crippen molar-refractivity contribution >= 4 is 5.91 Å². The summed E-state index contributed by atoms with van der Waals surface area (Å²) in [5.41, 5.74) is 6.09. The number of nitrogens with two attached hydrogens (primary N) is 1. The summed E-state index contributed by atoms with van der Waals surface area (Å²) < 4.78 is 14.0. The smallest absolute Gasteiger partial charge is 0.236 e. The maximum Gasteiger partial charge on any atom is 0.236 e. The van der Waals surface area contributed by atoms with Gasteiger partial charge in [0.25, 0.3) is 0 Å². The van der Waals surface area contributed by atoms with Crippen molar-refractivity contribution in [1.29, 1.82) is 0 Å². The number of carbonyl (C=O) groups excluding carboxylic acids is 1. The van der Waals surface area contributed by atoms with Crippen LogP contribution in [0.15, 0.2) is 24.3 Å². The highest BCUT2D eigenvalue weighted by Crippen LogP contribution is 2.28. The summed E-state index contributed by atoms with van der Waals surface area (Å²) in [6, 6.07) is 6.25. The molecule has 0 aliphatic carbocycles. The first-order valence-corrected chi connectivity index (χ1v) is 6.65. The summed E-state index contributed by atoms with van der Waals surface area (Å²) in [6.45, 7) is 4.01. The third-order valence-corrected chi connectivity index (χ3v) is 3.66. The van der Waals surface area contributed by atoms with Crippen molar-refractivity contribution in [3.63, 3.8) is 0 Å². The molecular formula is C14H20FN3O. The number of nitrogens with zero attached hydrogens (tertiary/aromatic N) is 1. The van der Waals surface area contributed by atoms with Crippen molar-refractivity contribution in [3.8, 4) is 0 Å². The topological polar surface area (TPSA) is 58.4 Å². The molecule has 104 valence electrons. The second-order valence-corrected chi connectivity index (χ2v) is 4.81. The number of hydrogen-bond donors (Lipinski definition) is 2. The zero-order valence-corrected chi connectivity index (χ0v) is 11.1. The van der Waals surface area contributed by atoms with Gasteiger partial charge in [-0.25, -0.2) is 4.39 Å². The minimum absolute atomic E-state index is 0.110. The monoisotopic (exact) mass is 265 g/mol. The molecule has 1 aliphatic rings. The molecule has 0 aromatic heterocycles. The number of primary amides is 1. The molecule has 1 aromatic rings. The standard InChI is InChI=1S/C14H20FN3O/c1-2-12(10-5-3-4-6-11(10)15)18-8-7-17-9-13(18)14(16)19/h3-6,12-13,17H,2,7-9H2,1H3,(H2,16,19). The van der Waals surface area contributed by atoms with Gasteiger partial charge in [-0.1, -0.05) is 25.1 Å². The average molecular weight is 265 g/mol. The molecule has 1 aliphatic heterocycles. The van der Waals surface area contributed by atoms with Crippen LogP contribution in [0.1, 0.15) is 24.9 Å². The van der Waals surface area contributed by atoms with E-state index < -0.39 is 0 Å². The Morgan fingerprint density at radius 1 is 1.58 bits per heavy atom. The van der Waals surface area contributed by atoms with Gasteiger partial charge in [-0.3, -0.25) is 9.69 Å². The molecule has 0 saturated carbocycles. The van der Waals surface area contributed by atoms with Gasteiger partial charge in [0, 0.05) is 31.2 Å². The quantitative estimate of drug-likeness (QED) is 0.855. The van der Waals surface area contributed by atoms with E-state index >= 15 is 0 Å². The van der Waals surface area contributed by atoms with Crippen LogP contribution in [0.3, 0.4) is 0 Å². The van der Waals surface area contributed by atoms with Crippen molar-refractivity contribution in [2.24, 2.45) is 5.73 Å². The van der Waals surface area contributed by atoms with Crippen LogP contribution < -0.4 is 11.1 Å². The number of hydrogen-bond acceptors (Lipinski definition) is 3. The molecule has 1 heterocycles. The van der Waals surface area contributed by atoms with E-state index in [-0.39, 0.29) is 23.8 Å². The third-order valence-electron chi connectivity index (χ3n) is 3.66. The van der Waals surface area contributed by atoms with Crippen LogP contribution in [0.2, 0.25) is 0 Å². The zero-order chi connectivity index (χ0) is 13.8. The molecular weight excluding hydrogens is 245 g/mol. The Bertz CT molecular complexity index is 452. The first-order chi connectivity index (χ1) is 9.15. The van der Waals surface area contributed by atoms with Crippen molar-refractivity contribution < 1.29 is 9.18 Å². The highest BCUT2D eigenvalue weighted by Gasteiger charge is 2.33. The lowest BCUT2D eigenvalue weighted by molar-refractivity contribution is -0.125. The number of halogens is 1. The summed E-state index contributed by atoms with van der Waals surface area (Å²) >= 11 is 0. The van der Waals surface area contributed by atoms with Gasteiger partial charge in [-0.15, -0.1) is 0 Å². The number of carbonyl (C=O) groups is 1. The molecule has 2 rings (SSSR count). The fourth-order valence-electron chi connectivity index (χ4n) is 2.74. The molecule has 3 N–H and O–H groups in total. The summed E-state index contributed by atoms with van der Waals surface area (Å²) in [4.78, 5) is 13.6. The number of benzene rings is 1. The Morgan fingerprint density at radius 2 is 2.32 bits per heavy atom. The lowest BCUT2D eigenvalue weighted by Crippen LogP contribution is -2.57. The van der Waals surface area contributed by atoms with Crippen LogP contribution in [0.5, 0.6) is 0 Å². The fraction of sp³-hybridized carbons (Fsp3) is 0.500. The molecule has 0 radical (unpaired) electrons. The van der Waals surface area contributed by atoms with Crippen LogP contribution in [-0.2, 0) is 4.79 Å². The third kappa shape index (κ3) is 2.93. The van der Waals surface area contributed by atoms with Crippen molar-refractivity contribution in [1.82, 2.24) is 10.2 Å². The van der Waals surface area contributed by atoms with E-state index in [0.29, 0.717) is 18.7 Å². The van der Waals surface area contributed by atoms with E-state index in [1.807, 2.05) is 17.9 Å². The lowest BCUT2D eigenvalue weighted by atomic mass is 9.98. The maximum atomic E-state index is 14.0. The Labute approximate surface area is 112 Å². The molecule has 4 nitrogen and oxygen atoms in total. The van der Waals surface area contributed by atoms with Gasteiger partial charge in [0.05, 0.1) is 0 Å². The summed E-state index contributed by atoms with van der Waals surface area (Å²) in [7, 11) is 0. The number of piperazine rings is 1. The minimum Gasteiger partial charge on any atom is -0.368 e. The SMILES string of the molecule is CCC(c1ccccc1F)N1CCNCC1C(N)=O. The van der Waals surface area contributed by atoms with E-state index in [4.69, 9.17) is 5.73 Å². The number of nitrogens with one attached hydrogen (secondary N) is 1. The van der Waals surface area contributed by atoms with Gasteiger partial charge in [0.1, 0.15) is 11.9 Å². The summed E-state index contributed by atoms with van der Waals surface area (Å²) in [6.07, 6.45) is 0.741.